The Balaban J connectivity index is 1.35. The lowest BCUT2D eigenvalue weighted by Crippen LogP contribution is -2.29. The average molecular weight is 400 g/mol. The minimum atomic E-state index is -0.254. The molecule has 6 heteroatoms. The molecule has 1 heterocycles. The number of methoxy groups -OCH3 is 1. The lowest BCUT2D eigenvalue weighted by molar-refractivity contribution is 0.252. The Labute approximate surface area is 175 Å². The third-order valence-electron chi connectivity index (χ3n) is 4.99. The van der Waals surface area contributed by atoms with Crippen LogP contribution in [0.4, 0.5) is 10.6 Å². The predicted molar refractivity (Wildman–Crippen MR) is 120 cm³/mol. The van der Waals surface area contributed by atoms with E-state index in [0.717, 1.165) is 40.6 Å². The molecule has 4 aromatic rings. The third-order valence-corrected chi connectivity index (χ3v) is 4.99. The van der Waals surface area contributed by atoms with Crippen LogP contribution >= 0.6 is 0 Å². The maximum atomic E-state index is 12.2. The minimum Gasteiger partial charge on any atom is -0.497 e. The zero-order valence-corrected chi connectivity index (χ0v) is 16.8. The van der Waals surface area contributed by atoms with E-state index < -0.39 is 0 Å². The van der Waals surface area contributed by atoms with Crippen LogP contribution in [-0.4, -0.2) is 29.9 Å². The summed E-state index contributed by atoms with van der Waals surface area (Å²) < 4.78 is 5.21. The molecule has 0 aliphatic heterocycles. The number of hydrogen-bond acceptors (Lipinski definition) is 3. The molecule has 0 aliphatic rings. The molecule has 0 saturated heterocycles. The molecule has 3 N–H and O–H groups in total. The maximum absolute atomic E-state index is 12.2. The molecule has 0 radical (unpaired) electrons. The van der Waals surface area contributed by atoms with Gasteiger partial charge in [-0.05, 0) is 53.8 Å². The van der Waals surface area contributed by atoms with Gasteiger partial charge in [-0.25, -0.2) is 4.79 Å². The average Bonchev–Trinajstić information content (AvgIpc) is 3.19. The number of aromatic amines is 1. The first-order valence-electron chi connectivity index (χ1n) is 9.94. The zero-order chi connectivity index (χ0) is 20.8. The molecule has 3 aromatic carbocycles. The van der Waals surface area contributed by atoms with Crippen molar-refractivity contribution in [2.75, 3.05) is 19.0 Å². The minimum absolute atomic E-state index is 0.254. The first-order valence-corrected chi connectivity index (χ1v) is 9.94. The van der Waals surface area contributed by atoms with Crippen LogP contribution in [0.15, 0.2) is 72.8 Å². The van der Waals surface area contributed by atoms with Crippen molar-refractivity contribution in [1.29, 1.82) is 0 Å². The zero-order valence-electron chi connectivity index (χ0n) is 16.8. The highest BCUT2D eigenvalue weighted by Crippen LogP contribution is 2.28. The van der Waals surface area contributed by atoms with E-state index in [0.29, 0.717) is 12.4 Å². The summed E-state index contributed by atoms with van der Waals surface area (Å²) in [4.78, 5) is 12.2. The van der Waals surface area contributed by atoms with Crippen LogP contribution in [0.25, 0.3) is 22.0 Å². The van der Waals surface area contributed by atoms with Gasteiger partial charge < -0.3 is 10.1 Å². The number of rotatable bonds is 7. The highest BCUT2D eigenvalue weighted by molar-refractivity contribution is 6.00. The molecule has 30 heavy (non-hydrogen) atoms. The van der Waals surface area contributed by atoms with Crippen molar-refractivity contribution >= 4 is 22.8 Å². The summed E-state index contributed by atoms with van der Waals surface area (Å²) >= 11 is 0. The van der Waals surface area contributed by atoms with E-state index in [1.165, 1.54) is 5.56 Å². The molecule has 0 saturated carbocycles. The van der Waals surface area contributed by atoms with Crippen LogP contribution in [-0.2, 0) is 6.42 Å². The fourth-order valence-electron chi connectivity index (χ4n) is 3.37. The first-order chi connectivity index (χ1) is 14.7. The van der Waals surface area contributed by atoms with Gasteiger partial charge in [0.05, 0.1) is 12.6 Å². The molecule has 4 rings (SSSR count). The van der Waals surface area contributed by atoms with Gasteiger partial charge >= 0.3 is 6.03 Å². The van der Waals surface area contributed by atoms with Crippen molar-refractivity contribution in [2.45, 2.75) is 12.8 Å². The van der Waals surface area contributed by atoms with Gasteiger partial charge in [0.15, 0.2) is 5.82 Å². The van der Waals surface area contributed by atoms with E-state index in [4.69, 9.17) is 4.74 Å². The normalized spacial score (nSPS) is 10.7. The summed E-state index contributed by atoms with van der Waals surface area (Å²) in [5, 5.41) is 13.8. The number of carbonyl (C=O) groups excluding carboxylic acids is 1. The van der Waals surface area contributed by atoms with E-state index >= 15 is 0 Å². The first kappa shape index (κ1) is 19.5. The largest absolute Gasteiger partial charge is 0.497 e. The Hall–Kier alpha value is -3.80. The monoisotopic (exact) mass is 400 g/mol. The summed E-state index contributed by atoms with van der Waals surface area (Å²) in [5.74, 6) is 1.34. The standard InChI is InChI=1S/C24H24N4O2/c1-30-20-12-9-18(10-13-20)19-11-14-21-22(16-19)27-28-23(21)26-24(29)25-15-5-8-17-6-3-2-4-7-17/h2-4,6-7,9-14,16H,5,8,15H2,1H3,(H3,25,26,27,28,29). The number of urea groups is 1. The number of ether oxygens (including phenoxy) is 1. The van der Waals surface area contributed by atoms with E-state index in [1.54, 1.807) is 7.11 Å². The number of nitrogens with one attached hydrogen (secondary N) is 3. The van der Waals surface area contributed by atoms with Crippen LogP contribution in [0.3, 0.4) is 0 Å². The molecule has 0 fully saturated rings. The Morgan fingerprint density at radius 1 is 1.00 bits per heavy atom. The number of aryl methyl sites for hydroxylation is 1. The SMILES string of the molecule is COc1ccc(-c2ccc3c(NC(=O)NCCCc4ccccc4)n[nH]c3c2)cc1. The molecule has 152 valence electrons. The van der Waals surface area contributed by atoms with Crippen molar-refractivity contribution in [3.05, 3.63) is 78.4 Å². The summed E-state index contributed by atoms with van der Waals surface area (Å²) in [5.41, 5.74) is 4.28. The van der Waals surface area contributed by atoms with Gasteiger partial charge in [0.1, 0.15) is 5.75 Å². The van der Waals surface area contributed by atoms with Crippen LogP contribution < -0.4 is 15.4 Å². The van der Waals surface area contributed by atoms with E-state index in [2.05, 4.69) is 33.0 Å². The number of aromatic nitrogens is 2. The highest BCUT2D eigenvalue weighted by atomic mass is 16.5. The molecule has 6 nitrogen and oxygen atoms in total. The number of fused-ring (bicyclic) bond motifs is 1. The number of carbonyl (C=O) groups is 1. The van der Waals surface area contributed by atoms with Crippen LogP contribution in [0.1, 0.15) is 12.0 Å². The van der Waals surface area contributed by atoms with E-state index in [-0.39, 0.29) is 6.03 Å². The van der Waals surface area contributed by atoms with Gasteiger partial charge in [-0.1, -0.05) is 48.5 Å². The Kier molecular flexibility index (Phi) is 5.94. The smallest absolute Gasteiger partial charge is 0.320 e. The van der Waals surface area contributed by atoms with Gasteiger partial charge in [0.25, 0.3) is 0 Å². The molecule has 1 aromatic heterocycles. The Morgan fingerprint density at radius 2 is 1.77 bits per heavy atom. The maximum Gasteiger partial charge on any atom is 0.320 e. The lowest BCUT2D eigenvalue weighted by atomic mass is 10.0. The van der Waals surface area contributed by atoms with Crippen molar-refractivity contribution in [1.82, 2.24) is 15.5 Å². The molecule has 2 amide bonds. The second-order valence-corrected chi connectivity index (χ2v) is 7.03. The number of nitrogens with zero attached hydrogens (tertiary/aromatic N) is 1. The number of hydrogen-bond donors (Lipinski definition) is 3. The highest BCUT2D eigenvalue weighted by Gasteiger charge is 2.10. The van der Waals surface area contributed by atoms with Gasteiger partial charge in [-0.2, -0.15) is 5.10 Å². The van der Waals surface area contributed by atoms with E-state index in [1.807, 2.05) is 60.7 Å². The predicted octanol–water partition coefficient (Wildman–Crippen LogP) is 4.99. The molecule has 0 spiro atoms. The summed E-state index contributed by atoms with van der Waals surface area (Å²) in [6.07, 6.45) is 1.81. The fourth-order valence-corrected chi connectivity index (χ4v) is 3.37. The van der Waals surface area contributed by atoms with Gasteiger partial charge in [0.2, 0.25) is 0 Å². The number of anilines is 1. The van der Waals surface area contributed by atoms with Crippen molar-refractivity contribution in [3.8, 4) is 16.9 Å². The summed E-state index contributed by atoms with van der Waals surface area (Å²) in [6.45, 7) is 0.602. The second kappa shape index (κ2) is 9.13. The Morgan fingerprint density at radius 3 is 2.53 bits per heavy atom. The molecule has 0 atom stereocenters. The Bertz CT molecular complexity index is 1120. The van der Waals surface area contributed by atoms with Crippen LogP contribution in [0.2, 0.25) is 0 Å². The summed E-state index contributed by atoms with van der Waals surface area (Å²) in [6, 6.07) is 23.9. The fraction of sp³-hybridized carbons (Fsp3) is 0.167. The molecule has 0 bridgehead atoms. The van der Waals surface area contributed by atoms with Crippen LogP contribution in [0.5, 0.6) is 5.75 Å². The van der Waals surface area contributed by atoms with Gasteiger partial charge in [0, 0.05) is 11.9 Å². The lowest BCUT2D eigenvalue weighted by Gasteiger charge is -2.07. The molecular formula is C24H24N4O2. The van der Waals surface area contributed by atoms with E-state index in [9.17, 15) is 4.79 Å². The van der Waals surface area contributed by atoms with Crippen LogP contribution in [0, 0.1) is 0 Å². The van der Waals surface area contributed by atoms with Crippen molar-refractivity contribution in [3.63, 3.8) is 0 Å². The van der Waals surface area contributed by atoms with Gasteiger partial charge in [-0.15, -0.1) is 0 Å². The quantitative estimate of drug-likeness (QED) is 0.382. The number of benzene rings is 3. The summed E-state index contributed by atoms with van der Waals surface area (Å²) in [7, 11) is 1.65. The molecule has 0 aliphatic carbocycles. The molecular weight excluding hydrogens is 376 g/mol. The van der Waals surface area contributed by atoms with Crippen molar-refractivity contribution in [2.24, 2.45) is 0 Å². The topological polar surface area (TPSA) is 79.0 Å². The third kappa shape index (κ3) is 4.60. The number of H-pyrrole nitrogens is 1. The van der Waals surface area contributed by atoms with Crippen molar-refractivity contribution < 1.29 is 9.53 Å². The second-order valence-electron chi connectivity index (χ2n) is 7.03. The number of amides is 2. The molecule has 0 unspecified atom stereocenters. The van der Waals surface area contributed by atoms with Gasteiger partial charge in [-0.3, -0.25) is 10.4 Å².